The quantitative estimate of drug-likeness (QED) is 0.535. The Balaban J connectivity index is 2.19. The fourth-order valence-corrected chi connectivity index (χ4v) is 1.24. The van der Waals surface area contributed by atoms with Crippen LogP contribution >= 0.6 is 0 Å². The van der Waals surface area contributed by atoms with Crippen molar-refractivity contribution in [2.24, 2.45) is 5.92 Å². The second-order valence-corrected chi connectivity index (χ2v) is 2.79. The largest absolute Gasteiger partial charge is 0.381 e. The van der Waals surface area contributed by atoms with Gasteiger partial charge in [-0.25, -0.2) is 0 Å². The minimum absolute atomic E-state index is 0.800. The maximum Gasteiger partial charge on any atom is 0.0471 e. The number of hydrogen-bond donors (Lipinski definition) is 0. The fourth-order valence-electron chi connectivity index (χ4n) is 1.24. The van der Waals surface area contributed by atoms with Crippen molar-refractivity contribution in [1.82, 2.24) is 0 Å². The molecule has 0 unspecified atom stereocenters. The normalized spacial score (nSPS) is 22.1. The zero-order chi connectivity index (χ0) is 7.23. The third kappa shape index (κ3) is 2.53. The first-order valence-corrected chi connectivity index (χ1v) is 4.18. The Kier molecular flexibility index (Phi) is 3.52. The molecule has 1 heteroatoms. The molecule has 1 heterocycles. The lowest BCUT2D eigenvalue weighted by Gasteiger charge is -2.18. The molecule has 0 saturated carbocycles. The van der Waals surface area contributed by atoms with Gasteiger partial charge >= 0.3 is 0 Å². The van der Waals surface area contributed by atoms with Crippen LogP contribution in [0.3, 0.4) is 0 Å². The van der Waals surface area contributed by atoms with Crippen LogP contribution in [0.15, 0.2) is 12.2 Å². The monoisotopic (exact) mass is 140 g/mol. The first kappa shape index (κ1) is 7.80. The molecule has 0 aliphatic carbocycles. The van der Waals surface area contributed by atoms with Crippen LogP contribution in [0.5, 0.6) is 0 Å². The summed E-state index contributed by atoms with van der Waals surface area (Å²) in [6.07, 6.45) is 8.20. The molecular formula is C9H16O. The molecule has 0 atom stereocenters. The standard InChI is InChI=1S/C9H16O/c1-2-3-4-9-5-7-10-8-6-9/h3-4,9H,2,5-8H2,1H3/b4-3-. The van der Waals surface area contributed by atoms with Gasteiger partial charge < -0.3 is 4.74 Å². The summed E-state index contributed by atoms with van der Waals surface area (Å²) < 4.78 is 5.25. The molecule has 1 rings (SSSR count). The van der Waals surface area contributed by atoms with E-state index in [4.69, 9.17) is 4.74 Å². The van der Waals surface area contributed by atoms with E-state index in [-0.39, 0.29) is 0 Å². The van der Waals surface area contributed by atoms with Gasteiger partial charge in [-0.2, -0.15) is 0 Å². The Morgan fingerprint density at radius 3 is 2.70 bits per heavy atom. The fraction of sp³-hybridized carbons (Fsp3) is 0.778. The van der Waals surface area contributed by atoms with Gasteiger partial charge in [-0.1, -0.05) is 19.1 Å². The lowest BCUT2D eigenvalue weighted by atomic mass is 10.00. The molecule has 58 valence electrons. The van der Waals surface area contributed by atoms with Crippen LogP contribution in [0.1, 0.15) is 26.2 Å². The summed E-state index contributed by atoms with van der Waals surface area (Å²) in [5, 5.41) is 0. The van der Waals surface area contributed by atoms with Crippen LogP contribution in [0.25, 0.3) is 0 Å². The van der Waals surface area contributed by atoms with Crippen LogP contribution in [-0.4, -0.2) is 13.2 Å². The van der Waals surface area contributed by atoms with Crippen LogP contribution in [0.4, 0.5) is 0 Å². The molecule has 1 nitrogen and oxygen atoms in total. The Morgan fingerprint density at radius 2 is 2.10 bits per heavy atom. The lowest BCUT2D eigenvalue weighted by Crippen LogP contribution is -2.13. The molecular weight excluding hydrogens is 124 g/mol. The summed E-state index contributed by atoms with van der Waals surface area (Å²) >= 11 is 0. The molecule has 1 aliphatic heterocycles. The highest BCUT2D eigenvalue weighted by Crippen LogP contribution is 2.15. The first-order chi connectivity index (χ1) is 4.93. The second kappa shape index (κ2) is 4.51. The van der Waals surface area contributed by atoms with E-state index in [1.807, 2.05) is 0 Å². The van der Waals surface area contributed by atoms with Crippen LogP contribution in [-0.2, 0) is 4.74 Å². The third-order valence-electron chi connectivity index (χ3n) is 1.91. The number of ether oxygens (including phenoxy) is 1. The molecule has 0 spiro atoms. The minimum atomic E-state index is 0.800. The minimum Gasteiger partial charge on any atom is -0.381 e. The summed E-state index contributed by atoms with van der Waals surface area (Å²) in [6.45, 7) is 4.09. The smallest absolute Gasteiger partial charge is 0.0471 e. The van der Waals surface area contributed by atoms with Crippen molar-refractivity contribution in [2.75, 3.05) is 13.2 Å². The zero-order valence-corrected chi connectivity index (χ0v) is 6.68. The van der Waals surface area contributed by atoms with Gasteiger partial charge in [-0.3, -0.25) is 0 Å². The van der Waals surface area contributed by atoms with Crippen molar-refractivity contribution in [1.29, 1.82) is 0 Å². The third-order valence-corrected chi connectivity index (χ3v) is 1.91. The van der Waals surface area contributed by atoms with Crippen molar-refractivity contribution >= 4 is 0 Å². The van der Waals surface area contributed by atoms with E-state index in [1.165, 1.54) is 12.8 Å². The maximum absolute atomic E-state index is 5.25. The molecule has 0 aromatic carbocycles. The topological polar surface area (TPSA) is 9.23 Å². The Hall–Kier alpha value is -0.300. The molecule has 0 radical (unpaired) electrons. The van der Waals surface area contributed by atoms with Gasteiger partial charge in [0.1, 0.15) is 0 Å². The summed E-state index contributed by atoms with van der Waals surface area (Å²) in [7, 11) is 0. The van der Waals surface area contributed by atoms with E-state index in [9.17, 15) is 0 Å². The van der Waals surface area contributed by atoms with Gasteiger partial charge in [-0.15, -0.1) is 0 Å². The molecule has 0 N–H and O–H groups in total. The van der Waals surface area contributed by atoms with Crippen LogP contribution < -0.4 is 0 Å². The summed E-state index contributed by atoms with van der Waals surface area (Å²) in [6, 6.07) is 0. The van der Waals surface area contributed by atoms with E-state index in [2.05, 4.69) is 19.1 Å². The average Bonchev–Trinajstić information content (AvgIpc) is 2.03. The van der Waals surface area contributed by atoms with Crippen molar-refractivity contribution in [3.05, 3.63) is 12.2 Å². The highest BCUT2D eigenvalue weighted by Gasteiger charge is 2.08. The Bertz CT molecular complexity index is 101. The highest BCUT2D eigenvalue weighted by molar-refractivity contribution is 4.88. The van der Waals surface area contributed by atoms with Gasteiger partial charge in [0.25, 0.3) is 0 Å². The van der Waals surface area contributed by atoms with E-state index < -0.39 is 0 Å². The molecule has 0 bridgehead atoms. The molecule has 1 aliphatic rings. The lowest BCUT2D eigenvalue weighted by molar-refractivity contribution is 0.0785. The molecule has 1 saturated heterocycles. The van der Waals surface area contributed by atoms with Gasteiger partial charge in [0.15, 0.2) is 0 Å². The van der Waals surface area contributed by atoms with E-state index in [0.29, 0.717) is 0 Å². The predicted molar refractivity (Wildman–Crippen MR) is 43.0 cm³/mol. The number of rotatable bonds is 2. The number of hydrogen-bond acceptors (Lipinski definition) is 1. The van der Waals surface area contributed by atoms with Crippen LogP contribution in [0.2, 0.25) is 0 Å². The maximum atomic E-state index is 5.25. The van der Waals surface area contributed by atoms with Crippen molar-refractivity contribution < 1.29 is 4.74 Å². The van der Waals surface area contributed by atoms with Gasteiger partial charge in [-0.05, 0) is 25.2 Å². The molecule has 0 amide bonds. The molecule has 10 heavy (non-hydrogen) atoms. The van der Waals surface area contributed by atoms with E-state index in [1.54, 1.807) is 0 Å². The Morgan fingerprint density at radius 1 is 1.40 bits per heavy atom. The van der Waals surface area contributed by atoms with Gasteiger partial charge in [0, 0.05) is 13.2 Å². The van der Waals surface area contributed by atoms with E-state index in [0.717, 1.165) is 25.6 Å². The van der Waals surface area contributed by atoms with Crippen LogP contribution in [0, 0.1) is 5.92 Å². The van der Waals surface area contributed by atoms with Crippen molar-refractivity contribution in [2.45, 2.75) is 26.2 Å². The highest BCUT2D eigenvalue weighted by atomic mass is 16.5. The molecule has 0 aromatic rings. The zero-order valence-electron chi connectivity index (χ0n) is 6.68. The second-order valence-electron chi connectivity index (χ2n) is 2.79. The summed E-state index contributed by atoms with van der Waals surface area (Å²) in [5.41, 5.74) is 0. The molecule has 1 fully saturated rings. The summed E-state index contributed by atoms with van der Waals surface area (Å²) in [5.74, 6) is 0.800. The summed E-state index contributed by atoms with van der Waals surface area (Å²) in [4.78, 5) is 0. The Labute approximate surface area is 63.1 Å². The number of allylic oxidation sites excluding steroid dienone is 2. The van der Waals surface area contributed by atoms with Crippen molar-refractivity contribution in [3.8, 4) is 0 Å². The average molecular weight is 140 g/mol. The van der Waals surface area contributed by atoms with Crippen molar-refractivity contribution in [3.63, 3.8) is 0 Å². The van der Waals surface area contributed by atoms with Gasteiger partial charge in [0.2, 0.25) is 0 Å². The van der Waals surface area contributed by atoms with Gasteiger partial charge in [0.05, 0.1) is 0 Å². The first-order valence-electron chi connectivity index (χ1n) is 4.18. The predicted octanol–water partition coefficient (Wildman–Crippen LogP) is 2.38. The molecule has 0 aromatic heterocycles. The SMILES string of the molecule is CC/C=C\C1CCOCC1. The van der Waals surface area contributed by atoms with E-state index >= 15 is 0 Å².